The molecule has 3 N–H and O–H groups in total. The third-order valence-electron chi connectivity index (χ3n) is 5.63. The number of nitrogen functional groups attached to an aromatic ring is 1. The highest BCUT2D eigenvalue weighted by atomic mass is 35.5. The Bertz CT molecular complexity index is 1070. The van der Waals surface area contributed by atoms with E-state index in [1.54, 1.807) is 37.7 Å². The highest BCUT2D eigenvalue weighted by Gasteiger charge is 2.41. The first-order valence-corrected chi connectivity index (χ1v) is 10.3. The minimum absolute atomic E-state index is 0.0828. The summed E-state index contributed by atoms with van der Waals surface area (Å²) in [4.78, 5) is 21.6. The molecule has 4 rings (SSSR count). The lowest BCUT2D eigenvalue weighted by Gasteiger charge is -2.36. The van der Waals surface area contributed by atoms with Crippen molar-refractivity contribution in [2.24, 2.45) is 0 Å². The summed E-state index contributed by atoms with van der Waals surface area (Å²) in [5, 5.41) is 3.47. The number of ether oxygens (including phenoxy) is 2. The predicted octanol–water partition coefficient (Wildman–Crippen LogP) is 4.07. The van der Waals surface area contributed by atoms with Crippen molar-refractivity contribution in [1.29, 1.82) is 0 Å². The summed E-state index contributed by atoms with van der Waals surface area (Å²) in [7, 11) is 1.55. The van der Waals surface area contributed by atoms with E-state index in [-0.39, 0.29) is 11.9 Å². The Morgan fingerprint density at radius 3 is 2.39 bits per heavy atom. The molecule has 3 aromatic rings. The Hall–Kier alpha value is -3.16. The van der Waals surface area contributed by atoms with Crippen LogP contribution in [-0.2, 0) is 14.9 Å². The van der Waals surface area contributed by atoms with Crippen molar-refractivity contribution in [3.05, 3.63) is 65.4 Å². The van der Waals surface area contributed by atoms with Crippen LogP contribution < -0.4 is 15.8 Å². The Kier molecular flexibility index (Phi) is 6.06. The average Bonchev–Trinajstić information content (AvgIpc) is 2.80. The summed E-state index contributed by atoms with van der Waals surface area (Å²) in [5.74, 6) is 0.708. The molecule has 1 aliphatic rings. The molecule has 1 aliphatic heterocycles. The second kappa shape index (κ2) is 8.91. The first-order chi connectivity index (χ1) is 15.0. The number of hydrogen-bond donors (Lipinski definition) is 2. The van der Waals surface area contributed by atoms with Crippen LogP contribution in [0.5, 0.6) is 5.75 Å². The zero-order chi connectivity index (χ0) is 21.8. The fourth-order valence-corrected chi connectivity index (χ4v) is 4.09. The number of amides is 1. The number of methoxy groups -OCH3 is 1. The van der Waals surface area contributed by atoms with Gasteiger partial charge in [0, 0.05) is 36.9 Å². The Labute approximate surface area is 185 Å². The normalized spacial score (nSPS) is 15.3. The average molecular weight is 439 g/mol. The quantitative estimate of drug-likeness (QED) is 0.622. The number of aromatic nitrogens is 2. The van der Waals surface area contributed by atoms with Crippen molar-refractivity contribution in [2.45, 2.75) is 18.3 Å². The van der Waals surface area contributed by atoms with Crippen LogP contribution in [0.4, 0.5) is 11.6 Å². The van der Waals surface area contributed by atoms with E-state index >= 15 is 0 Å². The van der Waals surface area contributed by atoms with Gasteiger partial charge in [0.05, 0.1) is 17.5 Å². The number of rotatable bonds is 5. The van der Waals surface area contributed by atoms with Crippen LogP contribution in [0.15, 0.2) is 54.9 Å². The molecular formula is C23H23ClN4O3. The van der Waals surface area contributed by atoms with E-state index in [2.05, 4.69) is 15.3 Å². The van der Waals surface area contributed by atoms with Crippen LogP contribution in [0, 0.1) is 0 Å². The van der Waals surface area contributed by atoms with E-state index < -0.39 is 5.41 Å². The van der Waals surface area contributed by atoms with Gasteiger partial charge < -0.3 is 20.5 Å². The van der Waals surface area contributed by atoms with E-state index in [9.17, 15) is 4.79 Å². The van der Waals surface area contributed by atoms with Crippen LogP contribution in [0.1, 0.15) is 18.4 Å². The lowest BCUT2D eigenvalue weighted by Crippen LogP contribution is -2.44. The van der Waals surface area contributed by atoms with Gasteiger partial charge in [-0.2, -0.15) is 0 Å². The minimum Gasteiger partial charge on any atom is -0.495 e. The Balaban J connectivity index is 1.62. The first kappa shape index (κ1) is 21.1. The van der Waals surface area contributed by atoms with Crippen molar-refractivity contribution in [3.63, 3.8) is 0 Å². The van der Waals surface area contributed by atoms with E-state index in [1.165, 1.54) is 0 Å². The zero-order valence-electron chi connectivity index (χ0n) is 17.1. The molecule has 0 saturated carbocycles. The van der Waals surface area contributed by atoms with Gasteiger partial charge in [0.1, 0.15) is 5.75 Å². The molecule has 1 amide bonds. The van der Waals surface area contributed by atoms with Crippen LogP contribution >= 0.6 is 11.6 Å². The summed E-state index contributed by atoms with van der Waals surface area (Å²) < 4.78 is 10.7. The minimum atomic E-state index is -0.694. The van der Waals surface area contributed by atoms with Crippen molar-refractivity contribution in [1.82, 2.24) is 9.97 Å². The molecule has 2 aromatic carbocycles. The molecule has 8 heteroatoms. The van der Waals surface area contributed by atoms with E-state index in [0.29, 0.717) is 42.5 Å². The van der Waals surface area contributed by atoms with Gasteiger partial charge in [-0.15, -0.1) is 0 Å². The fraction of sp³-hybridized carbons (Fsp3) is 0.261. The fourth-order valence-electron chi connectivity index (χ4n) is 3.83. The van der Waals surface area contributed by atoms with Gasteiger partial charge in [0.25, 0.3) is 0 Å². The molecule has 0 aliphatic carbocycles. The van der Waals surface area contributed by atoms with Gasteiger partial charge in [-0.1, -0.05) is 35.9 Å². The molecule has 0 unspecified atom stereocenters. The zero-order valence-corrected chi connectivity index (χ0v) is 17.9. The number of nitrogens with one attached hydrogen (secondary N) is 1. The molecule has 1 saturated heterocycles. The van der Waals surface area contributed by atoms with Gasteiger partial charge in [0.2, 0.25) is 11.9 Å². The highest BCUT2D eigenvalue weighted by molar-refractivity contribution is 6.32. The molecule has 0 radical (unpaired) electrons. The van der Waals surface area contributed by atoms with E-state index in [4.69, 9.17) is 26.8 Å². The molecule has 31 heavy (non-hydrogen) atoms. The molecular weight excluding hydrogens is 416 g/mol. The summed E-state index contributed by atoms with van der Waals surface area (Å²) in [6.45, 7) is 1.04. The summed E-state index contributed by atoms with van der Waals surface area (Å²) in [6, 6.07) is 13.1. The van der Waals surface area contributed by atoms with Gasteiger partial charge >= 0.3 is 0 Å². The third kappa shape index (κ3) is 4.33. The second-order valence-electron chi connectivity index (χ2n) is 7.41. The molecule has 1 fully saturated rings. The van der Waals surface area contributed by atoms with E-state index in [1.807, 2.05) is 24.3 Å². The van der Waals surface area contributed by atoms with Crippen LogP contribution in [0.2, 0.25) is 5.02 Å². The molecule has 0 atom stereocenters. The number of nitrogens with two attached hydrogens (primary N) is 1. The number of benzene rings is 2. The second-order valence-corrected chi connectivity index (χ2v) is 7.81. The molecule has 0 bridgehead atoms. The van der Waals surface area contributed by atoms with Crippen LogP contribution in [0.25, 0.3) is 11.1 Å². The number of anilines is 2. The number of halogens is 1. The lowest BCUT2D eigenvalue weighted by molar-refractivity contribution is -0.125. The third-order valence-corrected chi connectivity index (χ3v) is 5.93. The monoisotopic (exact) mass is 438 g/mol. The summed E-state index contributed by atoms with van der Waals surface area (Å²) in [6.07, 6.45) is 4.55. The number of carbonyl (C=O) groups is 1. The van der Waals surface area contributed by atoms with Crippen LogP contribution in [0.3, 0.4) is 0 Å². The number of nitrogens with zero attached hydrogens (tertiary/aromatic N) is 2. The van der Waals surface area contributed by atoms with Crippen molar-refractivity contribution in [2.75, 3.05) is 31.4 Å². The smallest absolute Gasteiger partial charge is 0.235 e. The van der Waals surface area contributed by atoms with Crippen LogP contribution in [-0.4, -0.2) is 36.2 Å². The van der Waals surface area contributed by atoms with E-state index in [0.717, 1.165) is 16.7 Å². The van der Waals surface area contributed by atoms with Gasteiger partial charge in [-0.05, 0) is 42.2 Å². The Morgan fingerprint density at radius 1 is 1.10 bits per heavy atom. The number of hydrogen-bond acceptors (Lipinski definition) is 6. The standard InChI is InChI=1S/C23H23ClN4O3/c1-30-20-7-6-18(12-19(20)24)28-21(29)23(8-10-31-11-9-23)17-4-2-15(3-5-17)16-13-26-22(25)27-14-16/h2-7,12-14H,8-11H2,1H3,(H,28,29)(H2,25,26,27). The van der Waals surface area contributed by atoms with Crippen molar-refractivity contribution >= 4 is 29.1 Å². The SMILES string of the molecule is COc1ccc(NC(=O)C2(c3ccc(-c4cnc(N)nc4)cc3)CCOCC2)cc1Cl. The topological polar surface area (TPSA) is 99.4 Å². The molecule has 0 spiro atoms. The highest BCUT2D eigenvalue weighted by Crippen LogP contribution is 2.37. The molecule has 1 aromatic heterocycles. The van der Waals surface area contributed by atoms with Crippen molar-refractivity contribution < 1.29 is 14.3 Å². The molecule has 2 heterocycles. The molecule has 7 nitrogen and oxygen atoms in total. The number of carbonyl (C=O) groups excluding carboxylic acids is 1. The van der Waals surface area contributed by atoms with Gasteiger partial charge in [-0.25, -0.2) is 9.97 Å². The maximum absolute atomic E-state index is 13.5. The molecule has 160 valence electrons. The summed E-state index contributed by atoms with van der Waals surface area (Å²) in [5.41, 5.74) is 8.25. The lowest BCUT2D eigenvalue weighted by atomic mass is 9.73. The van der Waals surface area contributed by atoms with Gasteiger partial charge in [0.15, 0.2) is 0 Å². The first-order valence-electron chi connectivity index (χ1n) is 9.93. The predicted molar refractivity (Wildman–Crippen MR) is 120 cm³/mol. The maximum atomic E-state index is 13.5. The maximum Gasteiger partial charge on any atom is 0.235 e. The largest absolute Gasteiger partial charge is 0.495 e. The van der Waals surface area contributed by atoms with Crippen molar-refractivity contribution in [3.8, 4) is 16.9 Å². The Morgan fingerprint density at radius 2 is 1.77 bits per heavy atom. The summed E-state index contributed by atoms with van der Waals surface area (Å²) >= 11 is 6.22. The van der Waals surface area contributed by atoms with Gasteiger partial charge in [-0.3, -0.25) is 4.79 Å².